The highest BCUT2D eigenvalue weighted by molar-refractivity contribution is 6.00. The zero-order chi connectivity index (χ0) is 22.2. The van der Waals surface area contributed by atoms with E-state index in [1.165, 1.54) is 10.8 Å². The molecule has 162 valence electrons. The van der Waals surface area contributed by atoms with Crippen LogP contribution in [0.4, 0.5) is 17.3 Å². The summed E-state index contributed by atoms with van der Waals surface area (Å²) >= 11 is 0. The Morgan fingerprint density at radius 2 is 2.06 bits per heavy atom. The largest absolute Gasteiger partial charge is 0.373 e. The van der Waals surface area contributed by atoms with Crippen molar-refractivity contribution >= 4 is 28.9 Å². The van der Waals surface area contributed by atoms with Crippen molar-refractivity contribution in [2.75, 3.05) is 17.7 Å². The van der Waals surface area contributed by atoms with Crippen LogP contribution < -0.4 is 21.5 Å². The molecule has 0 aliphatic heterocycles. The number of pyridine rings is 2. The summed E-state index contributed by atoms with van der Waals surface area (Å²) in [5, 5.41) is 13.4. The summed E-state index contributed by atoms with van der Waals surface area (Å²) in [6, 6.07) is 10.7. The molecule has 10 nitrogen and oxygen atoms in total. The summed E-state index contributed by atoms with van der Waals surface area (Å²) in [6.45, 7) is 2.10. The molecule has 0 saturated heterocycles. The number of nitrogens with one attached hydrogen (secondary N) is 3. The minimum Gasteiger partial charge on any atom is -0.373 e. The van der Waals surface area contributed by atoms with Crippen LogP contribution in [0.5, 0.6) is 0 Å². The van der Waals surface area contributed by atoms with Crippen LogP contribution in [0.25, 0.3) is 11.5 Å². The number of nitrogens with zero attached hydrogens (tertiary/aromatic N) is 5. The van der Waals surface area contributed by atoms with Gasteiger partial charge in [-0.3, -0.25) is 14.2 Å². The van der Waals surface area contributed by atoms with E-state index in [2.05, 4.69) is 37.9 Å². The Morgan fingerprint density at radius 1 is 1.22 bits per heavy atom. The van der Waals surface area contributed by atoms with Crippen LogP contribution in [0.1, 0.15) is 23.7 Å². The van der Waals surface area contributed by atoms with Crippen LogP contribution in [-0.4, -0.2) is 43.1 Å². The van der Waals surface area contributed by atoms with Crippen molar-refractivity contribution in [1.29, 1.82) is 0 Å². The van der Waals surface area contributed by atoms with E-state index in [4.69, 9.17) is 0 Å². The predicted molar refractivity (Wildman–Crippen MR) is 121 cm³/mol. The van der Waals surface area contributed by atoms with Gasteiger partial charge in [0.1, 0.15) is 28.7 Å². The molecule has 1 fully saturated rings. The van der Waals surface area contributed by atoms with Gasteiger partial charge in [0.05, 0.1) is 6.20 Å². The van der Waals surface area contributed by atoms with Crippen LogP contribution in [-0.2, 0) is 0 Å². The van der Waals surface area contributed by atoms with Gasteiger partial charge in [-0.15, -0.1) is 0 Å². The Morgan fingerprint density at radius 3 is 2.78 bits per heavy atom. The van der Waals surface area contributed by atoms with E-state index in [9.17, 15) is 9.59 Å². The van der Waals surface area contributed by atoms with Gasteiger partial charge in [0.2, 0.25) is 0 Å². The summed E-state index contributed by atoms with van der Waals surface area (Å²) in [7, 11) is 1.75. The first-order valence-corrected chi connectivity index (χ1v) is 10.3. The second-order valence-electron chi connectivity index (χ2n) is 7.77. The number of carbonyl (C=O) groups is 1. The smallest absolute Gasteiger partial charge is 0.279 e. The molecule has 4 heterocycles. The van der Waals surface area contributed by atoms with Gasteiger partial charge in [-0.25, -0.2) is 9.97 Å². The van der Waals surface area contributed by atoms with Crippen LogP contribution in [0.15, 0.2) is 59.8 Å². The zero-order valence-corrected chi connectivity index (χ0v) is 17.6. The predicted octanol–water partition coefficient (Wildman–Crippen LogP) is 2.20. The van der Waals surface area contributed by atoms with Crippen LogP contribution in [0.3, 0.4) is 0 Å². The van der Waals surface area contributed by atoms with Crippen molar-refractivity contribution in [3.63, 3.8) is 0 Å². The summed E-state index contributed by atoms with van der Waals surface area (Å²) in [6.07, 6.45) is 5.77. The maximum atomic E-state index is 13.0. The molecular weight excluding hydrogens is 408 g/mol. The first kappa shape index (κ1) is 19.7. The minimum absolute atomic E-state index is 0.192. The van der Waals surface area contributed by atoms with E-state index < -0.39 is 0 Å². The van der Waals surface area contributed by atoms with Gasteiger partial charge in [-0.2, -0.15) is 9.61 Å². The van der Waals surface area contributed by atoms with Crippen LogP contribution in [0, 0.1) is 5.92 Å². The normalized spacial score (nSPS) is 17.2. The lowest BCUT2D eigenvalue weighted by molar-refractivity contribution is 0.0951. The molecule has 32 heavy (non-hydrogen) atoms. The monoisotopic (exact) mass is 430 g/mol. The summed E-state index contributed by atoms with van der Waals surface area (Å²) in [4.78, 5) is 34.6. The van der Waals surface area contributed by atoms with E-state index in [-0.39, 0.29) is 17.5 Å². The van der Waals surface area contributed by atoms with Crippen molar-refractivity contribution in [3.05, 3.63) is 70.9 Å². The third-order valence-corrected chi connectivity index (χ3v) is 5.50. The van der Waals surface area contributed by atoms with Gasteiger partial charge in [-0.05, 0) is 36.6 Å². The molecule has 1 aliphatic carbocycles. The number of carbonyl (C=O) groups excluding carboxylic acids is 1. The Kier molecular flexibility index (Phi) is 4.81. The van der Waals surface area contributed by atoms with Gasteiger partial charge in [0, 0.05) is 31.5 Å². The minimum atomic E-state index is -0.270. The molecule has 0 radical (unpaired) electrons. The molecule has 0 spiro atoms. The Hall–Kier alpha value is -4.21. The molecule has 0 unspecified atom stereocenters. The molecule has 4 aromatic rings. The van der Waals surface area contributed by atoms with Gasteiger partial charge < -0.3 is 16.0 Å². The third-order valence-electron chi connectivity index (χ3n) is 5.50. The molecule has 10 heteroatoms. The van der Waals surface area contributed by atoms with Crippen molar-refractivity contribution in [1.82, 2.24) is 29.5 Å². The van der Waals surface area contributed by atoms with Gasteiger partial charge >= 0.3 is 0 Å². The molecule has 4 aromatic heterocycles. The summed E-state index contributed by atoms with van der Waals surface area (Å²) < 4.78 is 3.02. The number of hydrogen-bond acceptors (Lipinski definition) is 7. The second-order valence-corrected chi connectivity index (χ2v) is 7.77. The molecule has 1 aliphatic rings. The number of fused-ring (bicyclic) bond motifs is 1. The first-order valence-electron chi connectivity index (χ1n) is 10.3. The maximum Gasteiger partial charge on any atom is 0.279 e. The Bertz CT molecular complexity index is 1360. The first-order chi connectivity index (χ1) is 15.5. The maximum absolute atomic E-state index is 13.0. The number of amides is 1. The van der Waals surface area contributed by atoms with Crippen molar-refractivity contribution in [2.45, 2.75) is 19.4 Å². The highest BCUT2D eigenvalue weighted by Gasteiger charge is 2.34. The topological polar surface area (TPSA) is 118 Å². The van der Waals surface area contributed by atoms with Crippen LogP contribution in [0.2, 0.25) is 0 Å². The Labute approximate surface area is 183 Å². The SMILES string of the molecule is CNc1cc(Nc2cccn(-c3ccccn3)c2=O)nc2c(C(=O)N[C@@H]3C[C@@H]3C)cnn12. The van der Waals surface area contributed by atoms with Gasteiger partial charge in [0.15, 0.2) is 5.65 Å². The Balaban J connectivity index is 1.52. The fourth-order valence-corrected chi connectivity index (χ4v) is 3.54. The fraction of sp³-hybridized carbons (Fsp3) is 0.227. The molecule has 3 N–H and O–H groups in total. The molecule has 1 saturated carbocycles. The molecule has 5 rings (SSSR count). The highest BCUT2D eigenvalue weighted by Crippen LogP contribution is 2.29. The number of hydrogen-bond donors (Lipinski definition) is 3. The van der Waals surface area contributed by atoms with E-state index in [1.54, 1.807) is 54.3 Å². The number of anilines is 3. The molecule has 1 amide bonds. The van der Waals surface area contributed by atoms with E-state index in [1.807, 2.05) is 6.07 Å². The average Bonchev–Trinajstić information content (AvgIpc) is 3.32. The second kappa shape index (κ2) is 7.80. The van der Waals surface area contributed by atoms with E-state index in [0.717, 1.165) is 6.42 Å². The lowest BCUT2D eigenvalue weighted by atomic mass is 10.3. The molecular formula is C22H22N8O2. The van der Waals surface area contributed by atoms with E-state index in [0.29, 0.717) is 40.3 Å². The average molecular weight is 430 g/mol. The third kappa shape index (κ3) is 3.55. The number of rotatable bonds is 6. The zero-order valence-electron chi connectivity index (χ0n) is 17.6. The fourth-order valence-electron chi connectivity index (χ4n) is 3.54. The molecule has 0 bridgehead atoms. The van der Waals surface area contributed by atoms with Gasteiger partial charge in [-0.1, -0.05) is 13.0 Å². The van der Waals surface area contributed by atoms with Crippen molar-refractivity contribution in [2.24, 2.45) is 5.92 Å². The highest BCUT2D eigenvalue weighted by atomic mass is 16.2. The molecule has 0 aromatic carbocycles. The quantitative estimate of drug-likeness (QED) is 0.429. The summed E-state index contributed by atoms with van der Waals surface area (Å²) in [5.41, 5.74) is 0.830. The number of aromatic nitrogens is 5. The van der Waals surface area contributed by atoms with Crippen molar-refractivity contribution in [3.8, 4) is 5.82 Å². The lowest BCUT2D eigenvalue weighted by Crippen LogP contribution is -2.26. The lowest BCUT2D eigenvalue weighted by Gasteiger charge is -2.11. The standard InChI is InChI=1S/C22H22N8O2/c1-13-10-16(13)27-21(31)14-12-25-30-19(23-2)11-17(28-20(14)30)26-15-6-5-9-29(22(15)32)18-7-3-4-8-24-18/h3-9,11-13,16,23H,10H2,1-2H3,(H,26,28)(H,27,31)/t13-,16+/m0/s1. The van der Waals surface area contributed by atoms with Crippen molar-refractivity contribution < 1.29 is 4.79 Å². The van der Waals surface area contributed by atoms with Gasteiger partial charge in [0.25, 0.3) is 11.5 Å². The van der Waals surface area contributed by atoms with Crippen LogP contribution >= 0.6 is 0 Å². The van der Waals surface area contributed by atoms with E-state index >= 15 is 0 Å². The molecule has 2 atom stereocenters. The summed E-state index contributed by atoms with van der Waals surface area (Å²) in [5.74, 6) is 1.82.